The van der Waals surface area contributed by atoms with Gasteiger partial charge in [-0.05, 0) is 68.5 Å². The molecule has 1 saturated heterocycles. The zero-order valence-electron chi connectivity index (χ0n) is 16.4. The zero-order chi connectivity index (χ0) is 19.8. The second-order valence-electron chi connectivity index (χ2n) is 8.18. The number of benzene rings is 2. The van der Waals surface area contributed by atoms with Crippen LogP contribution < -0.4 is 4.74 Å². The fraction of sp³-hybridized carbons (Fsp3) is 0.435. The number of likely N-dealkylation sites (tertiary alicyclic amines) is 1. The monoisotopic (exact) mass is 413 g/mol. The van der Waals surface area contributed by atoms with Crippen LogP contribution in [0, 0.1) is 11.7 Å². The Morgan fingerprint density at radius 1 is 1.10 bits per heavy atom. The molecule has 152 valence electrons. The third kappa shape index (κ3) is 3.99. The minimum Gasteiger partial charge on any atom is -0.489 e. The van der Waals surface area contributed by atoms with Crippen molar-refractivity contribution in [3.63, 3.8) is 0 Å². The molecule has 5 rings (SSSR count). The first-order chi connectivity index (χ1) is 14.2. The van der Waals surface area contributed by atoms with Gasteiger partial charge in [-0.1, -0.05) is 23.7 Å². The van der Waals surface area contributed by atoms with Gasteiger partial charge in [0, 0.05) is 11.1 Å². The highest BCUT2D eigenvalue weighted by Crippen LogP contribution is 2.34. The first-order valence-corrected chi connectivity index (χ1v) is 10.8. The average molecular weight is 414 g/mol. The Hall–Kier alpha value is -2.11. The number of ether oxygens (including phenoxy) is 1. The predicted octanol–water partition coefficient (Wildman–Crippen LogP) is 5.07. The number of imidazole rings is 1. The number of hydrogen-bond acceptors (Lipinski definition) is 3. The van der Waals surface area contributed by atoms with Gasteiger partial charge in [0.1, 0.15) is 29.5 Å². The third-order valence-electron chi connectivity index (χ3n) is 6.25. The summed E-state index contributed by atoms with van der Waals surface area (Å²) in [5.41, 5.74) is 3.23. The number of piperidine rings is 1. The summed E-state index contributed by atoms with van der Waals surface area (Å²) in [5, 5.41) is 0.674. The van der Waals surface area contributed by atoms with Gasteiger partial charge >= 0.3 is 0 Å². The standard InChI is InChI=1S/C23H25ClFN3O/c24-18-13-20-23-21(14-18)29-12-11-28(23)22(26-20)15-27-9-7-17(8-10-27)2-1-16-3-5-19(25)6-4-16/h3-6,13-14,17H,1-2,7-12,15H2. The summed E-state index contributed by atoms with van der Waals surface area (Å²) in [6.45, 7) is 4.57. The number of aromatic nitrogens is 2. The largest absolute Gasteiger partial charge is 0.489 e. The van der Waals surface area contributed by atoms with E-state index in [9.17, 15) is 4.39 Å². The summed E-state index contributed by atoms with van der Waals surface area (Å²) in [5.74, 6) is 2.54. The smallest absolute Gasteiger partial charge is 0.146 e. The van der Waals surface area contributed by atoms with Crippen molar-refractivity contribution in [2.75, 3.05) is 19.7 Å². The van der Waals surface area contributed by atoms with Crippen LogP contribution in [0.2, 0.25) is 5.02 Å². The highest BCUT2D eigenvalue weighted by atomic mass is 35.5. The van der Waals surface area contributed by atoms with E-state index in [4.69, 9.17) is 21.3 Å². The van der Waals surface area contributed by atoms with E-state index in [-0.39, 0.29) is 5.82 Å². The summed E-state index contributed by atoms with van der Waals surface area (Å²) in [6, 6.07) is 10.7. The lowest BCUT2D eigenvalue weighted by Gasteiger charge is -2.32. The Kier molecular flexibility index (Phi) is 5.18. The van der Waals surface area contributed by atoms with E-state index in [1.165, 1.54) is 24.8 Å². The number of halogens is 2. The van der Waals surface area contributed by atoms with Gasteiger partial charge in [0.2, 0.25) is 0 Å². The molecule has 0 radical (unpaired) electrons. The van der Waals surface area contributed by atoms with Crippen LogP contribution in [0.15, 0.2) is 36.4 Å². The molecule has 1 aromatic heterocycles. The molecular formula is C23H25ClFN3O. The van der Waals surface area contributed by atoms with E-state index in [2.05, 4.69) is 9.47 Å². The van der Waals surface area contributed by atoms with Crippen molar-refractivity contribution < 1.29 is 9.13 Å². The topological polar surface area (TPSA) is 30.3 Å². The molecule has 0 bridgehead atoms. The molecule has 0 N–H and O–H groups in total. The number of hydrogen-bond donors (Lipinski definition) is 0. The van der Waals surface area contributed by atoms with Gasteiger partial charge in [-0.3, -0.25) is 4.90 Å². The van der Waals surface area contributed by atoms with Crippen LogP contribution in [0.3, 0.4) is 0 Å². The highest BCUT2D eigenvalue weighted by Gasteiger charge is 2.24. The first kappa shape index (κ1) is 18.9. The lowest BCUT2D eigenvalue weighted by Crippen LogP contribution is -2.34. The van der Waals surface area contributed by atoms with Crippen LogP contribution >= 0.6 is 11.6 Å². The Balaban J connectivity index is 1.20. The van der Waals surface area contributed by atoms with Gasteiger partial charge in [-0.25, -0.2) is 9.37 Å². The van der Waals surface area contributed by atoms with E-state index in [1.54, 1.807) is 12.1 Å². The van der Waals surface area contributed by atoms with Crippen LogP contribution in [-0.2, 0) is 19.5 Å². The molecule has 0 spiro atoms. The van der Waals surface area contributed by atoms with Crippen LogP contribution in [0.4, 0.5) is 4.39 Å². The first-order valence-electron chi connectivity index (χ1n) is 10.4. The molecule has 1 fully saturated rings. The van der Waals surface area contributed by atoms with Crippen molar-refractivity contribution in [1.82, 2.24) is 14.5 Å². The minimum absolute atomic E-state index is 0.159. The van der Waals surface area contributed by atoms with Crippen molar-refractivity contribution in [1.29, 1.82) is 0 Å². The van der Waals surface area contributed by atoms with Crippen LogP contribution in [0.25, 0.3) is 11.0 Å². The van der Waals surface area contributed by atoms with Gasteiger partial charge in [-0.15, -0.1) is 0 Å². The number of nitrogens with zero attached hydrogens (tertiary/aromatic N) is 3. The average Bonchev–Trinajstić information content (AvgIpc) is 3.07. The van der Waals surface area contributed by atoms with Crippen molar-refractivity contribution in [3.8, 4) is 5.75 Å². The molecule has 0 unspecified atom stereocenters. The molecular weight excluding hydrogens is 389 g/mol. The highest BCUT2D eigenvalue weighted by molar-refractivity contribution is 6.31. The molecule has 2 aromatic carbocycles. The second-order valence-corrected chi connectivity index (χ2v) is 8.62. The lowest BCUT2D eigenvalue weighted by molar-refractivity contribution is 0.166. The Labute approximate surface area is 175 Å². The molecule has 4 nitrogen and oxygen atoms in total. The Morgan fingerprint density at radius 2 is 1.90 bits per heavy atom. The van der Waals surface area contributed by atoms with Crippen molar-refractivity contribution >= 4 is 22.6 Å². The maximum Gasteiger partial charge on any atom is 0.146 e. The molecule has 29 heavy (non-hydrogen) atoms. The van der Waals surface area contributed by atoms with Gasteiger partial charge in [-0.2, -0.15) is 0 Å². The molecule has 0 amide bonds. The molecule has 0 aliphatic carbocycles. The molecule has 2 aliphatic heterocycles. The summed E-state index contributed by atoms with van der Waals surface area (Å²) in [6.07, 6.45) is 4.63. The number of aryl methyl sites for hydroxylation is 1. The molecule has 3 aromatic rings. The summed E-state index contributed by atoms with van der Waals surface area (Å²) in [4.78, 5) is 7.38. The quantitative estimate of drug-likeness (QED) is 0.585. The second kappa shape index (κ2) is 7.96. The van der Waals surface area contributed by atoms with Crippen LogP contribution in [-0.4, -0.2) is 34.1 Å². The van der Waals surface area contributed by atoms with E-state index >= 15 is 0 Å². The van der Waals surface area contributed by atoms with Gasteiger partial charge in [0.15, 0.2) is 0 Å². The van der Waals surface area contributed by atoms with E-state index in [0.717, 1.165) is 61.1 Å². The SMILES string of the molecule is Fc1ccc(CCC2CCN(Cc3nc4cc(Cl)cc5c4n3CCO5)CC2)cc1. The van der Waals surface area contributed by atoms with Crippen molar-refractivity contribution in [3.05, 3.63) is 58.6 Å². The maximum absolute atomic E-state index is 13.0. The van der Waals surface area contributed by atoms with Gasteiger partial charge < -0.3 is 9.30 Å². The maximum atomic E-state index is 13.0. The van der Waals surface area contributed by atoms with Gasteiger partial charge in [0.25, 0.3) is 0 Å². The zero-order valence-corrected chi connectivity index (χ0v) is 17.2. The van der Waals surface area contributed by atoms with Crippen molar-refractivity contribution in [2.45, 2.75) is 38.8 Å². The van der Waals surface area contributed by atoms with E-state index in [1.807, 2.05) is 24.3 Å². The molecule has 0 atom stereocenters. The predicted molar refractivity (Wildman–Crippen MR) is 113 cm³/mol. The third-order valence-corrected chi connectivity index (χ3v) is 6.47. The molecule has 2 aliphatic rings. The molecule has 0 saturated carbocycles. The molecule has 3 heterocycles. The molecule has 6 heteroatoms. The van der Waals surface area contributed by atoms with Crippen LogP contribution in [0.1, 0.15) is 30.7 Å². The Bertz CT molecular complexity index is 1010. The minimum atomic E-state index is -0.159. The van der Waals surface area contributed by atoms with Gasteiger partial charge in [0.05, 0.1) is 18.6 Å². The van der Waals surface area contributed by atoms with E-state index < -0.39 is 0 Å². The lowest BCUT2D eigenvalue weighted by atomic mass is 9.90. The van der Waals surface area contributed by atoms with Crippen molar-refractivity contribution in [2.24, 2.45) is 5.92 Å². The normalized spacial score (nSPS) is 17.6. The fourth-order valence-electron chi connectivity index (χ4n) is 4.62. The summed E-state index contributed by atoms with van der Waals surface area (Å²) >= 11 is 6.22. The fourth-order valence-corrected chi connectivity index (χ4v) is 4.82. The summed E-state index contributed by atoms with van der Waals surface area (Å²) < 4.78 is 21.1. The van der Waals surface area contributed by atoms with E-state index in [0.29, 0.717) is 11.6 Å². The summed E-state index contributed by atoms with van der Waals surface area (Å²) in [7, 11) is 0. The number of rotatable bonds is 5. The Morgan fingerprint density at radius 3 is 2.69 bits per heavy atom. The van der Waals surface area contributed by atoms with Crippen LogP contribution in [0.5, 0.6) is 5.75 Å².